The largest absolute Gasteiger partial charge is 0.493 e. The van der Waals surface area contributed by atoms with Crippen molar-refractivity contribution in [3.05, 3.63) is 30.0 Å². The standard InChI is InChI=1S/C20H26N2O3/c1-23-19-13-17-16(15-3-4-15)5-6-21-18(17)14-20(19)25-10-2-7-22-8-11-24-12-9-22/h5-6,13-15H,2-4,7-12H2,1H3. The lowest BCUT2D eigenvalue weighted by atomic mass is 10.0. The molecule has 1 aromatic heterocycles. The monoisotopic (exact) mass is 342 g/mol. The van der Waals surface area contributed by atoms with Gasteiger partial charge in [-0.2, -0.15) is 0 Å². The second-order valence-electron chi connectivity index (χ2n) is 6.85. The van der Waals surface area contributed by atoms with Crippen molar-refractivity contribution in [1.29, 1.82) is 0 Å². The average molecular weight is 342 g/mol. The molecule has 0 unspecified atom stereocenters. The van der Waals surface area contributed by atoms with Crippen LogP contribution in [0.4, 0.5) is 0 Å². The van der Waals surface area contributed by atoms with Gasteiger partial charge in [0.15, 0.2) is 11.5 Å². The maximum absolute atomic E-state index is 6.02. The lowest BCUT2D eigenvalue weighted by Crippen LogP contribution is -2.37. The Morgan fingerprint density at radius 1 is 1.20 bits per heavy atom. The Bertz CT molecular complexity index is 724. The van der Waals surface area contributed by atoms with Gasteiger partial charge in [0, 0.05) is 37.3 Å². The Hall–Kier alpha value is -1.85. The molecule has 0 amide bonds. The molecule has 2 fully saturated rings. The highest BCUT2D eigenvalue weighted by Gasteiger charge is 2.26. The molecule has 134 valence electrons. The van der Waals surface area contributed by atoms with Crippen LogP contribution in [0.1, 0.15) is 30.7 Å². The van der Waals surface area contributed by atoms with Gasteiger partial charge in [-0.15, -0.1) is 0 Å². The van der Waals surface area contributed by atoms with Crippen LogP contribution in [0.25, 0.3) is 10.9 Å². The van der Waals surface area contributed by atoms with Gasteiger partial charge in [-0.1, -0.05) is 0 Å². The molecule has 0 bridgehead atoms. The normalized spacial score (nSPS) is 18.4. The van der Waals surface area contributed by atoms with E-state index in [1.807, 2.05) is 12.3 Å². The molecular weight excluding hydrogens is 316 g/mol. The summed E-state index contributed by atoms with van der Waals surface area (Å²) in [4.78, 5) is 6.96. The van der Waals surface area contributed by atoms with E-state index in [-0.39, 0.29) is 0 Å². The average Bonchev–Trinajstić information content (AvgIpc) is 3.50. The second kappa shape index (κ2) is 7.58. The predicted molar refractivity (Wildman–Crippen MR) is 97.6 cm³/mol. The zero-order valence-electron chi connectivity index (χ0n) is 14.9. The molecular formula is C20H26N2O3. The minimum absolute atomic E-state index is 0.682. The molecule has 5 nitrogen and oxygen atoms in total. The molecule has 2 aliphatic rings. The lowest BCUT2D eigenvalue weighted by Gasteiger charge is -2.26. The van der Waals surface area contributed by atoms with Crippen LogP contribution in [0.2, 0.25) is 0 Å². The lowest BCUT2D eigenvalue weighted by molar-refractivity contribution is 0.0357. The molecule has 1 saturated carbocycles. The first-order valence-corrected chi connectivity index (χ1v) is 9.24. The van der Waals surface area contributed by atoms with E-state index in [1.54, 1.807) is 7.11 Å². The Labute approximate surface area is 148 Å². The van der Waals surface area contributed by atoms with Crippen LogP contribution in [0.15, 0.2) is 24.4 Å². The maximum atomic E-state index is 6.02. The van der Waals surface area contributed by atoms with E-state index >= 15 is 0 Å². The van der Waals surface area contributed by atoms with Gasteiger partial charge in [-0.3, -0.25) is 9.88 Å². The number of hydrogen-bond donors (Lipinski definition) is 0. The number of ether oxygens (including phenoxy) is 3. The van der Waals surface area contributed by atoms with Gasteiger partial charge in [-0.25, -0.2) is 0 Å². The topological polar surface area (TPSA) is 43.8 Å². The van der Waals surface area contributed by atoms with Gasteiger partial charge in [0.1, 0.15) is 0 Å². The smallest absolute Gasteiger partial charge is 0.163 e. The van der Waals surface area contributed by atoms with Crippen molar-refractivity contribution >= 4 is 10.9 Å². The van der Waals surface area contributed by atoms with Crippen LogP contribution in [0.3, 0.4) is 0 Å². The summed E-state index contributed by atoms with van der Waals surface area (Å²) in [6.45, 7) is 5.45. The number of fused-ring (bicyclic) bond motifs is 1. The summed E-state index contributed by atoms with van der Waals surface area (Å²) in [6, 6.07) is 6.25. The summed E-state index contributed by atoms with van der Waals surface area (Å²) in [5.41, 5.74) is 2.38. The van der Waals surface area contributed by atoms with E-state index in [1.165, 1.54) is 23.8 Å². The first-order chi connectivity index (χ1) is 12.3. The number of pyridine rings is 1. The van der Waals surface area contributed by atoms with Crippen LogP contribution in [-0.2, 0) is 4.74 Å². The number of aromatic nitrogens is 1. The molecule has 0 radical (unpaired) electrons. The van der Waals surface area contributed by atoms with Crippen LogP contribution in [0, 0.1) is 0 Å². The molecule has 2 aromatic rings. The van der Waals surface area contributed by atoms with Crippen LogP contribution in [0.5, 0.6) is 11.5 Å². The van der Waals surface area contributed by atoms with Crippen LogP contribution >= 0.6 is 0 Å². The summed E-state index contributed by atoms with van der Waals surface area (Å²) in [5.74, 6) is 2.28. The van der Waals surface area contributed by atoms with Crippen molar-refractivity contribution in [2.75, 3.05) is 46.6 Å². The molecule has 4 rings (SSSR count). The van der Waals surface area contributed by atoms with E-state index in [2.05, 4.69) is 22.0 Å². The summed E-state index contributed by atoms with van der Waals surface area (Å²) in [6.07, 6.45) is 5.46. The van der Waals surface area contributed by atoms with Crippen molar-refractivity contribution in [3.63, 3.8) is 0 Å². The first-order valence-electron chi connectivity index (χ1n) is 9.24. The predicted octanol–water partition coefficient (Wildman–Crippen LogP) is 3.22. The molecule has 25 heavy (non-hydrogen) atoms. The molecule has 0 N–H and O–H groups in total. The number of methoxy groups -OCH3 is 1. The fourth-order valence-corrected chi connectivity index (χ4v) is 3.49. The third kappa shape index (κ3) is 3.88. The number of morpholine rings is 1. The van der Waals surface area contributed by atoms with Gasteiger partial charge in [0.2, 0.25) is 0 Å². The van der Waals surface area contributed by atoms with Crippen molar-refractivity contribution in [3.8, 4) is 11.5 Å². The summed E-state index contributed by atoms with van der Waals surface area (Å²) in [5, 5.41) is 1.20. The Kier molecular flexibility index (Phi) is 5.04. The highest BCUT2D eigenvalue weighted by atomic mass is 16.5. The molecule has 1 saturated heterocycles. The van der Waals surface area contributed by atoms with E-state index in [9.17, 15) is 0 Å². The minimum Gasteiger partial charge on any atom is -0.493 e. The molecule has 1 aliphatic carbocycles. The quantitative estimate of drug-likeness (QED) is 0.723. The molecule has 0 atom stereocenters. The van der Waals surface area contributed by atoms with Crippen molar-refractivity contribution in [2.24, 2.45) is 0 Å². The number of nitrogens with zero attached hydrogens (tertiary/aromatic N) is 2. The van der Waals surface area contributed by atoms with Gasteiger partial charge < -0.3 is 14.2 Å². The zero-order valence-corrected chi connectivity index (χ0v) is 14.9. The van der Waals surface area contributed by atoms with E-state index in [4.69, 9.17) is 14.2 Å². The fraction of sp³-hybridized carbons (Fsp3) is 0.550. The van der Waals surface area contributed by atoms with Crippen molar-refractivity contribution < 1.29 is 14.2 Å². The first kappa shape index (κ1) is 16.6. The third-order valence-corrected chi connectivity index (χ3v) is 5.06. The minimum atomic E-state index is 0.682. The number of benzene rings is 1. The van der Waals surface area contributed by atoms with E-state index < -0.39 is 0 Å². The Morgan fingerprint density at radius 2 is 2.04 bits per heavy atom. The van der Waals surface area contributed by atoms with Gasteiger partial charge in [-0.05, 0) is 42.9 Å². The van der Waals surface area contributed by atoms with E-state index in [0.717, 1.165) is 56.3 Å². The molecule has 0 spiro atoms. The van der Waals surface area contributed by atoms with Crippen LogP contribution in [-0.4, -0.2) is 56.4 Å². The third-order valence-electron chi connectivity index (χ3n) is 5.06. The van der Waals surface area contributed by atoms with Gasteiger partial charge >= 0.3 is 0 Å². The van der Waals surface area contributed by atoms with Gasteiger partial charge in [0.05, 0.1) is 32.4 Å². The highest BCUT2D eigenvalue weighted by molar-refractivity contribution is 5.86. The van der Waals surface area contributed by atoms with Crippen LogP contribution < -0.4 is 9.47 Å². The fourth-order valence-electron chi connectivity index (χ4n) is 3.49. The second-order valence-corrected chi connectivity index (χ2v) is 6.85. The van der Waals surface area contributed by atoms with Gasteiger partial charge in [0.25, 0.3) is 0 Å². The molecule has 5 heteroatoms. The van der Waals surface area contributed by atoms with E-state index in [0.29, 0.717) is 12.5 Å². The summed E-state index contributed by atoms with van der Waals surface area (Å²) in [7, 11) is 1.70. The Morgan fingerprint density at radius 3 is 2.80 bits per heavy atom. The molecule has 2 heterocycles. The maximum Gasteiger partial charge on any atom is 0.163 e. The Balaban J connectivity index is 1.43. The number of rotatable bonds is 7. The van der Waals surface area contributed by atoms with Crippen molar-refractivity contribution in [2.45, 2.75) is 25.2 Å². The molecule has 1 aliphatic heterocycles. The van der Waals surface area contributed by atoms with Crippen molar-refractivity contribution in [1.82, 2.24) is 9.88 Å². The highest BCUT2D eigenvalue weighted by Crippen LogP contribution is 2.44. The summed E-state index contributed by atoms with van der Waals surface area (Å²) >= 11 is 0. The summed E-state index contributed by atoms with van der Waals surface area (Å²) < 4.78 is 17.0. The zero-order chi connectivity index (χ0) is 17.1. The number of hydrogen-bond acceptors (Lipinski definition) is 5. The molecule has 1 aromatic carbocycles. The SMILES string of the molecule is COc1cc2c(C3CC3)ccnc2cc1OCCCN1CCOCC1.